The van der Waals surface area contributed by atoms with Gasteiger partial charge in [-0.3, -0.25) is 0 Å². The second-order valence-electron chi connectivity index (χ2n) is 2.75. The van der Waals surface area contributed by atoms with Crippen LogP contribution in [0.25, 0.3) is 0 Å². The Morgan fingerprint density at radius 2 is 1.43 bits per heavy atom. The van der Waals surface area contributed by atoms with Crippen LogP contribution in [-0.2, 0) is 23.5 Å². The minimum absolute atomic E-state index is 0. The van der Waals surface area contributed by atoms with Crippen LogP contribution in [0.5, 0.6) is 0 Å². The Bertz CT molecular complexity index is 273. The summed E-state index contributed by atoms with van der Waals surface area (Å²) in [4.78, 5) is 0. The Hall–Kier alpha value is -1.04. The normalized spacial score (nSPS) is 8.00. The van der Waals surface area contributed by atoms with Crippen LogP contribution < -0.4 is 0 Å². The molecule has 0 spiro atoms. The molecule has 2 aromatic rings. The quantitative estimate of drug-likeness (QED) is 0.417. The van der Waals surface area contributed by atoms with Gasteiger partial charge in [0.2, 0.25) is 0 Å². The molecular formula is C13H14Fe-6. The summed E-state index contributed by atoms with van der Waals surface area (Å²) < 4.78 is 0. The molecule has 0 aliphatic heterocycles. The number of allylic oxidation sites excluding steroid dienone is 1. The van der Waals surface area contributed by atoms with Crippen molar-refractivity contribution in [3.8, 4) is 0 Å². The third-order valence-corrected chi connectivity index (χ3v) is 1.67. The van der Waals surface area contributed by atoms with Gasteiger partial charge < -0.3 is 30.3 Å². The van der Waals surface area contributed by atoms with E-state index in [9.17, 15) is 0 Å². The molecule has 2 aromatic carbocycles. The summed E-state index contributed by atoms with van der Waals surface area (Å²) in [6.07, 6.45) is 2.91. The smallest absolute Gasteiger partial charge is 0 e. The van der Waals surface area contributed by atoms with E-state index in [4.69, 9.17) is 0 Å². The van der Waals surface area contributed by atoms with Gasteiger partial charge in [-0.1, -0.05) is 12.5 Å². The molecule has 0 unspecified atom stereocenters. The predicted molar refractivity (Wildman–Crippen MR) is 58.0 cm³/mol. The fourth-order valence-corrected chi connectivity index (χ4v) is 1.04. The molecule has 0 amide bonds. The third kappa shape index (κ3) is 5.58. The van der Waals surface area contributed by atoms with Gasteiger partial charge in [0.25, 0.3) is 0 Å². The Morgan fingerprint density at radius 3 is 1.79 bits per heavy atom. The second kappa shape index (κ2) is 8.55. The molecule has 0 heterocycles. The van der Waals surface area contributed by atoms with E-state index in [1.165, 1.54) is 5.56 Å². The summed E-state index contributed by atoms with van der Waals surface area (Å²) in [6.45, 7) is 3.64. The number of hydrogen-bond donors (Lipinski definition) is 0. The Balaban J connectivity index is 0.000000246. The molecule has 0 saturated heterocycles. The van der Waals surface area contributed by atoms with Crippen LogP contribution in [0.4, 0.5) is 0 Å². The van der Waals surface area contributed by atoms with Crippen molar-refractivity contribution in [1.29, 1.82) is 0 Å². The minimum atomic E-state index is 0. The molecule has 0 N–H and O–H groups in total. The molecule has 0 saturated carbocycles. The molecule has 0 aliphatic carbocycles. The zero-order chi connectivity index (χ0) is 9.36. The first-order chi connectivity index (χ1) is 6.43. The van der Waals surface area contributed by atoms with E-state index in [0.29, 0.717) is 0 Å². The molecule has 14 heavy (non-hydrogen) atoms. The second-order valence-corrected chi connectivity index (χ2v) is 2.75. The summed E-state index contributed by atoms with van der Waals surface area (Å²) in [5.74, 6) is 0. The molecule has 0 aromatic heterocycles. The zero-order valence-corrected chi connectivity index (χ0v) is 9.15. The Labute approximate surface area is 96.5 Å². The third-order valence-electron chi connectivity index (χ3n) is 1.67. The molecule has 1 heteroatoms. The van der Waals surface area contributed by atoms with Crippen molar-refractivity contribution in [3.05, 3.63) is 72.8 Å². The summed E-state index contributed by atoms with van der Waals surface area (Å²) >= 11 is 0. The maximum atomic E-state index is 3.64. The first kappa shape index (κ1) is 13.0. The van der Waals surface area contributed by atoms with Crippen molar-refractivity contribution in [1.82, 2.24) is 0 Å². The van der Waals surface area contributed by atoms with Crippen LogP contribution in [-0.4, -0.2) is 0 Å². The van der Waals surface area contributed by atoms with E-state index < -0.39 is 0 Å². The van der Waals surface area contributed by atoms with Gasteiger partial charge in [-0.05, 0) is 0 Å². The molecule has 0 aliphatic rings. The predicted octanol–water partition coefficient (Wildman–Crippen LogP) is 3.54. The van der Waals surface area contributed by atoms with Crippen LogP contribution in [0.15, 0.2) is 67.3 Å². The molecule has 0 nitrogen and oxygen atoms in total. The van der Waals surface area contributed by atoms with Crippen LogP contribution in [0.1, 0.15) is 5.56 Å². The first-order valence-electron chi connectivity index (χ1n) is 4.41. The minimum Gasteiger partial charge on any atom is -0.748 e. The van der Waals surface area contributed by atoms with E-state index in [1.54, 1.807) is 0 Å². The van der Waals surface area contributed by atoms with Crippen molar-refractivity contribution in [3.63, 3.8) is 0 Å². The fraction of sp³-hybridized carbons (Fsp3) is 0.0769. The van der Waals surface area contributed by atoms with Gasteiger partial charge in [0, 0.05) is 17.1 Å². The first-order valence-corrected chi connectivity index (χ1v) is 4.41. The largest absolute Gasteiger partial charge is 0.748 e. The molecule has 0 bridgehead atoms. The summed E-state index contributed by atoms with van der Waals surface area (Å²) in [5, 5.41) is 0. The average molecular weight is 226 g/mol. The van der Waals surface area contributed by atoms with Gasteiger partial charge in [-0.2, -0.15) is 17.7 Å². The van der Waals surface area contributed by atoms with E-state index >= 15 is 0 Å². The van der Waals surface area contributed by atoms with Crippen molar-refractivity contribution < 1.29 is 17.1 Å². The SMILES string of the molecule is C=CC[c-]1cccc1.[Fe].[cH-]1[cH-][cH-][cH-][cH-]1. The van der Waals surface area contributed by atoms with Gasteiger partial charge in [-0.15, -0.1) is 6.58 Å². The number of rotatable bonds is 2. The van der Waals surface area contributed by atoms with Gasteiger partial charge >= 0.3 is 0 Å². The maximum Gasteiger partial charge on any atom is 0 e. The monoisotopic (exact) mass is 226 g/mol. The molecular weight excluding hydrogens is 212 g/mol. The Morgan fingerprint density at radius 1 is 1.00 bits per heavy atom. The van der Waals surface area contributed by atoms with Crippen LogP contribution in [0.2, 0.25) is 0 Å². The van der Waals surface area contributed by atoms with Crippen LogP contribution in [0, 0.1) is 0 Å². The van der Waals surface area contributed by atoms with E-state index in [-0.39, 0.29) is 17.1 Å². The fourth-order valence-electron chi connectivity index (χ4n) is 1.04. The van der Waals surface area contributed by atoms with E-state index in [1.807, 2.05) is 48.5 Å². The van der Waals surface area contributed by atoms with E-state index in [0.717, 1.165) is 6.42 Å². The molecule has 0 atom stereocenters. The summed E-state index contributed by atoms with van der Waals surface area (Å²) in [7, 11) is 0. The zero-order valence-electron chi connectivity index (χ0n) is 8.04. The average Bonchev–Trinajstić information content (AvgIpc) is 2.79. The van der Waals surface area contributed by atoms with Crippen molar-refractivity contribution in [2.45, 2.75) is 6.42 Å². The van der Waals surface area contributed by atoms with Crippen molar-refractivity contribution >= 4 is 0 Å². The van der Waals surface area contributed by atoms with Gasteiger partial charge in [0.05, 0.1) is 0 Å². The van der Waals surface area contributed by atoms with Crippen LogP contribution >= 0.6 is 0 Å². The molecule has 2 rings (SSSR count). The van der Waals surface area contributed by atoms with E-state index in [2.05, 4.69) is 18.7 Å². The molecule has 0 fully saturated rings. The Kier molecular flexibility index (Phi) is 7.92. The molecule has 0 radical (unpaired) electrons. The maximum absolute atomic E-state index is 3.64. The van der Waals surface area contributed by atoms with Crippen molar-refractivity contribution in [2.24, 2.45) is 0 Å². The van der Waals surface area contributed by atoms with Gasteiger partial charge in [-0.25, -0.2) is 12.1 Å². The standard InChI is InChI=1S/C8H9.C5H5.Fe/c1-2-5-8-6-3-4-7-8;1-2-4-5-3-1;/h2-4,6-7H,1,5H2;1-5H;/q-1;-5;. The van der Waals surface area contributed by atoms with Crippen molar-refractivity contribution in [2.75, 3.05) is 0 Å². The van der Waals surface area contributed by atoms with Gasteiger partial charge in [0.1, 0.15) is 0 Å². The van der Waals surface area contributed by atoms with Crippen LogP contribution in [0.3, 0.4) is 0 Å². The van der Waals surface area contributed by atoms with Gasteiger partial charge in [0.15, 0.2) is 0 Å². The number of hydrogen-bond acceptors (Lipinski definition) is 0. The summed E-state index contributed by atoms with van der Waals surface area (Å²) in [6, 6.07) is 18.3. The molecule has 80 valence electrons. The topological polar surface area (TPSA) is 0 Å². The summed E-state index contributed by atoms with van der Waals surface area (Å²) in [5.41, 5.74) is 1.35.